The molecule has 3 aromatic rings. The summed E-state index contributed by atoms with van der Waals surface area (Å²) in [4.78, 5) is 46.8. The van der Waals surface area contributed by atoms with Crippen LogP contribution in [0.5, 0.6) is 5.75 Å². The number of aromatic nitrogens is 1. The van der Waals surface area contributed by atoms with E-state index in [2.05, 4.69) is 15.2 Å². The molecular formula is C36H45FN4O5. The number of hydrogen-bond acceptors (Lipinski definition) is 6. The molecular weight excluding hydrogens is 587 g/mol. The molecule has 46 heavy (non-hydrogen) atoms. The summed E-state index contributed by atoms with van der Waals surface area (Å²) in [6, 6.07) is 10.2. The number of benzene rings is 2. The molecule has 2 aliphatic rings. The number of H-pyrrole nitrogens is 1. The van der Waals surface area contributed by atoms with Gasteiger partial charge in [-0.1, -0.05) is 18.9 Å². The van der Waals surface area contributed by atoms with Crippen LogP contribution in [0.2, 0.25) is 0 Å². The van der Waals surface area contributed by atoms with Gasteiger partial charge in [-0.15, -0.1) is 0 Å². The Hall–Kier alpha value is -4.02. The summed E-state index contributed by atoms with van der Waals surface area (Å²) < 4.78 is 26.5. The number of nitrogens with one attached hydrogen (secondary N) is 2. The number of carbonyl (C=O) groups excluding carboxylic acids is 2. The SMILES string of the molecule is CCN(C(=O)C1CCCC1)c1cc(-c2ccc(OCCN3CCOCC3)c(F)c2)cc(C(=O)NCc2c(C)cc(C)[nH]c2=O)c1C. The zero-order valence-electron chi connectivity index (χ0n) is 27.3. The number of nitrogens with zero attached hydrogens (tertiary/aromatic N) is 2. The molecule has 0 atom stereocenters. The van der Waals surface area contributed by atoms with Crippen molar-refractivity contribution in [3.05, 3.63) is 80.5 Å². The van der Waals surface area contributed by atoms with E-state index >= 15 is 4.39 Å². The molecule has 2 N–H and O–H groups in total. The molecule has 0 spiro atoms. The number of aromatic amines is 1. The highest BCUT2D eigenvalue weighted by Crippen LogP contribution is 2.35. The predicted octanol–water partition coefficient (Wildman–Crippen LogP) is 5.29. The van der Waals surface area contributed by atoms with E-state index < -0.39 is 5.82 Å². The first-order chi connectivity index (χ1) is 22.2. The zero-order valence-corrected chi connectivity index (χ0v) is 27.3. The summed E-state index contributed by atoms with van der Waals surface area (Å²) in [5.41, 5.74) is 4.56. The fraction of sp³-hybridized carbons (Fsp3) is 0.472. The number of rotatable bonds is 11. The zero-order chi connectivity index (χ0) is 32.8. The molecule has 1 aromatic heterocycles. The normalized spacial score (nSPS) is 15.6. The van der Waals surface area contributed by atoms with E-state index in [0.717, 1.165) is 50.0 Å². The summed E-state index contributed by atoms with van der Waals surface area (Å²) in [6.07, 6.45) is 3.75. The summed E-state index contributed by atoms with van der Waals surface area (Å²) in [5.74, 6) is -0.733. The van der Waals surface area contributed by atoms with Crippen LogP contribution in [0, 0.1) is 32.5 Å². The molecule has 2 fully saturated rings. The van der Waals surface area contributed by atoms with Crippen LogP contribution in [0.15, 0.2) is 41.2 Å². The highest BCUT2D eigenvalue weighted by atomic mass is 19.1. The van der Waals surface area contributed by atoms with Gasteiger partial charge in [0.1, 0.15) is 6.61 Å². The van der Waals surface area contributed by atoms with Crippen molar-refractivity contribution in [2.45, 2.75) is 59.9 Å². The largest absolute Gasteiger partial charge is 0.489 e. The maximum atomic E-state index is 15.4. The second-order valence-corrected chi connectivity index (χ2v) is 12.3. The van der Waals surface area contributed by atoms with Crippen molar-refractivity contribution in [1.29, 1.82) is 0 Å². The standard InChI is InChI=1S/C36H45FN4O5/c1-5-41(36(44)26-8-6-7-9-26)32-21-28(27-10-11-33(31(37)20-27)46-17-14-40-12-15-45-16-13-40)19-29(25(32)4)34(42)38-22-30-23(2)18-24(3)39-35(30)43/h10-11,18-21,26H,5-9,12-17,22H2,1-4H3,(H,38,42)(H,39,43). The molecule has 0 radical (unpaired) electrons. The Kier molecular flexibility index (Phi) is 10.9. The molecule has 2 aromatic carbocycles. The Bertz CT molecular complexity index is 1630. The Balaban J connectivity index is 1.44. The number of ether oxygens (including phenoxy) is 2. The fourth-order valence-corrected chi connectivity index (χ4v) is 6.49. The summed E-state index contributed by atoms with van der Waals surface area (Å²) in [6.45, 7) is 12.0. The molecule has 2 heterocycles. The number of amides is 2. The van der Waals surface area contributed by atoms with E-state index in [0.29, 0.717) is 66.4 Å². The van der Waals surface area contributed by atoms with Crippen LogP contribution in [0.1, 0.15) is 65.3 Å². The van der Waals surface area contributed by atoms with Gasteiger partial charge in [0, 0.05) is 61.1 Å². The summed E-state index contributed by atoms with van der Waals surface area (Å²) >= 11 is 0. The summed E-state index contributed by atoms with van der Waals surface area (Å²) in [7, 11) is 0. The molecule has 9 nitrogen and oxygen atoms in total. The second-order valence-electron chi connectivity index (χ2n) is 12.3. The van der Waals surface area contributed by atoms with Crippen LogP contribution in [0.3, 0.4) is 0 Å². The number of anilines is 1. The minimum Gasteiger partial charge on any atom is -0.489 e. The van der Waals surface area contributed by atoms with Gasteiger partial charge in [0.15, 0.2) is 11.6 Å². The van der Waals surface area contributed by atoms with Crippen molar-refractivity contribution in [2.24, 2.45) is 5.92 Å². The number of aryl methyl sites for hydroxylation is 2. The molecule has 0 bridgehead atoms. The van der Waals surface area contributed by atoms with Gasteiger partial charge in [-0.3, -0.25) is 19.3 Å². The lowest BCUT2D eigenvalue weighted by Gasteiger charge is -2.28. The molecule has 1 aliphatic heterocycles. The molecule has 0 unspecified atom stereocenters. The molecule has 10 heteroatoms. The molecule has 1 saturated carbocycles. The maximum absolute atomic E-state index is 15.4. The molecule has 1 saturated heterocycles. The van der Waals surface area contributed by atoms with Crippen molar-refractivity contribution in [3.8, 4) is 16.9 Å². The molecule has 1 aliphatic carbocycles. The van der Waals surface area contributed by atoms with Gasteiger partial charge < -0.3 is 24.7 Å². The van der Waals surface area contributed by atoms with E-state index in [1.54, 1.807) is 23.1 Å². The van der Waals surface area contributed by atoms with Crippen molar-refractivity contribution in [3.63, 3.8) is 0 Å². The van der Waals surface area contributed by atoms with Gasteiger partial charge in [-0.25, -0.2) is 4.39 Å². The van der Waals surface area contributed by atoms with Crippen LogP contribution in [0.4, 0.5) is 10.1 Å². The van der Waals surface area contributed by atoms with Crippen molar-refractivity contribution >= 4 is 17.5 Å². The quantitative estimate of drug-likeness (QED) is 0.298. The van der Waals surface area contributed by atoms with Gasteiger partial charge >= 0.3 is 0 Å². The first kappa shape index (κ1) is 33.3. The Labute approximate surface area is 270 Å². The third-order valence-corrected chi connectivity index (χ3v) is 9.16. The average Bonchev–Trinajstić information content (AvgIpc) is 3.58. The third-order valence-electron chi connectivity index (χ3n) is 9.16. The smallest absolute Gasteiger partial charge is 0.253 e. The van der Waals surface area contributed by atoms with Crippen LogP contribution in [-0.2, 0) is 16.1 Å². The number of carbonyl (C=O) groups is 2. The van der Waals surface area contributed by atoms with Gasteiger partial charge in [0.05, 0.1) is 13.2 Å². The predicted molar refractivity (Wildman–Crippen MR) is 177 cm³/mol. The highest BCUT2D eigenvalue weighted by molar-refractivity contribution is 6.02. The van der Waals surface area contributed by atoms with Gasteiger partial charge in [-0.05, 0) is 93.1 Å². The topological polar surface area (TPSA) is 104 Å². The first-order valence-corrected chi connectivity index (χ1v) is 16.3. The van der Waals surface area contributed by atoms with Crippen molar-refractivity contribution in [1.82, 2.24) is 15.2 Å². The number of hydrogen-bond donors (Lipinski definition) is 2. The maximum Gasteiger partial charge on any atom is 0.253 e. The highest BCUT2D eigenvalue weighted by Gasteiger charge is 2.29. The fourth-order valence-electron chi connectivity index (χ4n) is 6.49. The van der Waals surface area contributed by atoms with Crippen LogP contribution >= 0.6 is 0 Å². The molecule has 246 valence electrons. The Morgan fingerprint density at radius 2 is 1.80 bits per heavy atom. The van der Waals surface area contributed by atoms with Gasteiger partial charge in [-0.2, -0.15) is 0 Å². The van der Waals surface area contributed by atoms with Crippen LogP contribution < -0.4 is 20.5 Å². The second kappa shape index (κ2) is 15.0. The van der Waals surface area contributed by atoms with E-state index in [4.69, 9.17) is 9.47 Å². The number of halogens is 1. The number of pyridine rings is 1. The Morgan fingerprint density at radius 1 is 1.07 bits per heavy atom. The third kappa shape index (κ3) is 7.67. The molecule has 2 amide bonds. The average molecular weight is 633 g/mol. The van der Waals surface area contributed by atoms with E-state index in [1.807, 2.05) is 39.8 Å². The minimum absolute atomic E-state index is 0.0445. The lowest BCUT2D eigenvalue weighted by atomic mass is 9.95. The molecule has 5 rings (SSSR count). The van der Waals surface area contributed by atoms with E-state index in [-0.39, 0.29) is 35.6 Å². The Morgan fingerprint density at radius 3 is 2.48 bits per heavy atom. The minimum atomic E-state index is -0.504. The first-order valence-electron chi connectivity index (χ1n) is 16.3. The summed E-state index contributed by atoms with van der Waals surface area (Å²) in [5, 5.41) is 2.91. The van der Waals surface area contributed by atoms with Gasteiger partial charge in [0.25, 0.3) is 11.5 Å². The monoisotopic (exact) mass is 632 g/mol. The van der Waals surface area contributed by atoms with Crippen LogP contribution in [-0.4, -0.2) is 67.7 Å². The number of morpholine rings is 1. The van der Waals surface area contributed by atoms with Crippen LogP contribution in [0.25, 0.3) is 11.1 Å². The lowest BCUT2D eigenvalue weighted by molar-refractivity contribution is -0.122. The van der Waals surface area contributed by atoms with E-state index in [1.165, 1.54) is 6.07 Å². The lowest BCUT2D eigenvalue weighted by Crippen LogP contribution is -2.38. The van der Waals surface area contributed by atoms with E-state index in [9.17, 15) is 14.4 Å². The van der Waals surface area contributed by atoms with Crippen molar-refractivity contribution < 1.29 is 23.5 Å². The van der Waals surface area contributed by atoms with Crippen molar-refractivity contribution in [2.75, 3.05) is 50.9 Å². The van der Waals surface area contributed by atoms with Gasteiger partial charge in [0.2, 0.25) is 5.91 Å².